The fourth-order valence-electron chi connectivity index (χ4n) is 0.978. The first kappa shape index (κ1) is 11.3. The number of halogens is 5. The van der Waals surface area contributed by atoms with Gasteiger partial charge in [0, 0.05) is 12.1 Å². The lowest BCUT2D eigenvalue weighted by Gasteiger charge is -2.09. The lowest BCUT2D eigenvalue weighted by atomic mass is 10.1. The van der Waals surface area contributed by atoms with Gasteiger partial charge in [-0.2, -0.15) is 18.2 Å². The number of rotatable bonds is 1. The van der Waals surface area contributed by atoms with Crippen molar-refractivity contribution in [3.63, 3.8) is 0 Å². The number of hydrogen-bond acceptors (Lipinski definition) is 2. The molecule has 0 radical (unpaired) electrons. The van der Waals surface area contributed by atoms with Crippen molar-refractivity contribution >= 4 is 11.8 Å². The van der Waals surface area contributed by atoms with Crippen molar-refractivity contribution in [2.45, 2.75) is 6.18 Å². The fourth-order valence-corrected chi connectivity index (χ4v) is 0.978. The molecule has 0 aromatic heterocycles. The quantitative estimate of drug-likeness (QED) is 0.409. The van der Waals surface area contributed by atoms with Crippen LogP contribution in [0.15, 0.2) is 17.1 Å². The lowest BCUT2D eigenvalue weighted by Crippen LogP contribution is -2.09. The van der Waals surface area contributed by atoms with Gasteiger partial charge in [-0.1, -0.05) is 0 Å². The van der Waals surface area contributed by atoms with Crippen LogP contribution in [0, 0.1) is 11.6 Å². The van der Waals surface area contributed by atoms with Crippen LogP contribution in [-0.4, -0.2) is 6.08 Å². The zero-order chi connectivity index (χ0) is 11.6. The predicted octanol–water partition coefficient (Wildman–Crippen LogP) is 2.95. The molecule has 0 unspecified atom stereocenters. The molecule has 0 amide bonds. The van der Waals surface area contributed by atoms with Gasteiger partial charge in [0.05, 0.1) is 5.69 Å². The predicted molar refractivity (Wildman–Crippen MR) is 39.1 cm³/mol. The summed E-state index contributed by atoms with van der Waals surface area (Å²) in [4.78, 5) is 12.4. The maximum absolute atomic E-state index is 12.8. The van der Waals surface area contributed by atoms with E-state index in [-0.39, 0.29) is 6.07 Å². The molecular weight excluding hydrogens is 221 g/mol. The minimum Gasteiger partial charge on any atom is -0.211 e. The molecule has 0 atom stereocenters. The third-order valence-electron chi connectivity index (χ3n) is 1.48. The lowest BCUT2D eigenvalue weighted by molar-refractivity contribution is -0.139. The topological polar surface area (TPSA) is 29.4 Å². The SMILES string of the molecule is O=C=Nc1cc(F)cc(F)c1C(F)(F)F. The fraction of sp³-hybridized carbons (Fsp3) is 0.125. The standard InChI is InChI=1S/C8H2F5NO/c9-4-1-5(10)7(8(11,12)13)6(2-4)14-3-15/h1-2H. The number of isocyanates is 1. The molecule has 1 rings (SSSR count). The molecule has 0 bridgehead atoms. The highest BCUT2D eigenvalue weighted by molar-refractivity contribution is 5.55. The van der Waals surface area contributed by atoms with E-state index in [0.29, 0.717) is 6.07 Å². The van der Waals surface area contributed by atoms with Crippen LogP contribution in [0.25, 0.3) is 0 Å². The Bertz CT molecular complexity index is 433. The Labute approximate surface area is 80.0 Å². The number of benzene rings is 1. The summed E-state index contributed by atoms with van der Waals surface area (Å²) in [5.41, 5.74) is -2.91. The molecular formula is C8H2F5NO. The van der Waals surface area contributed by atoms with Crippen molar-refractivity contribution in [2.75, 3.05) is 0 Å². The van der Waals surface area contributed by atoms with Gasteiger partial charge in [-0.25, -0.2) is 13.6 Å². The Morgan fingerprint density at radius 3 is 2.27 bits per heavy atom. The highest BCUT2D eigenvalue weighted by atomic mass is 19.4. The van der Waals surface area contributed by atoms with E-state index >= 15 is 0 Å². The maximum atomic E-state index is 12.8. The molecule has 2 nitrogen and oxygen atoms in total. The summed E-state index contributed by atoms with van der Waals surface area (Å²) in [6, 6.07) is 0.365. The van der Waals surface area contributed by atoms with Gasteiger partial charge in [0.1, 0.15) is 17.2 Å². The molecule has 0 saturated carbocycles. The van der Waals surface area contributed by atoms with Crippen LogP contribution in [0.5, 0.6) is 0 Å². The monoisotopic (exact) mass is 223 g/mol. The summed E-state index contributed by atoms with van der Waals surface area (Å²) in [5, 5.41) is 0. The van der Waals surface area contributed by atoms with Gasteiger partial charge >= 0.3 is 6.18 Å². The van der Waals surface area contributed by atoms with Gasteiger partial charge in [0.15, 0.2) is 0 Å². The Balaban J connectivity index is 3.54. The van der Waals surface area contributed by atoms with Crippen LogP contribution < -0.4 is 0 Å². The molecule has 0 N–H and O–H groups in total. The van der Waals surface area contributed by atoms with Gasteiger partial charge in [-0.05, 0) is 0 Å². The Hall–Kier alpha value is -1.75. The number of alkyl halides is 3. The van der Waals surface area contributed by atoms with E-state index in [2.05, 4.69) is 4.99 Å². The van der Waals surface area contributed by atoms with Crippen LogP contribution >= 0.6 is 0 Å². The first-order valence-corrected chi connectivity index (χ1v) is 3.50. The van der Waals surface area contributed by atoms with E-state index in [0.717, 1.165) is 6.08 Å². The molecule has 15 heavy (non-hydrogen) atoms. The van der Waals surface area contributed by atoms with Crippen molar-refractivity contribution in [2.24, 2.45) is 4.99 Å². The molecule has 1 aromatic carbocycles. The van der Waals surface area contributed by atoms with Gasteiger partial charge in [0.2, 0.25) is 6.08 Å². The Morgan fingerprint density at radius 2 is 1.80 bits per heavy atom. The smallest absolute Gasteiger partial charge is 0.211 e. The van der Waals surface area contributed by atoms with Crippen LogP contribution in [0.2, 0.25) is 0 Å². The third kappa shape index (κ3) is 2.38. The highest BCUT2D eigenvalue weighted by Crippen LogP contribution is 2.38. The minimum absolute atomic E-state index is 0.0621. The summed E-state index contributed by atoms with van der Waals surface area (Å²) >= 11 is 0. The molecule has 0 aliphatic carbocycles. The number of aliphatic imine (C=N–C) groups is 1. The van der Waals surface area contributed by atoms with Crippen LogP contribution in [0.1, 0.15) is 5.56 Å². The molecule has 0 aliphatic heterocycles. The molecule has 80 valence electrons. The summed E-state index contributed by atoms with van der Waals surface area (Å²) in [6.45, 7) is 0. The summed E-state index contributed by atoms with van der Waals surface area (Å²) < 4.78 is 61.9. The van der Waals surface area contributed by atoms with E-state index < -0.39 is 29.1 Å². The second kappa shape index (κ2) is 3.78. The van der Waals surface area contributed by atoms with Crippen LogP contribution in [0.4, 0.5) is 27.6 Å². The Kier molecular flexibility index (Phi) is 2.85. The normalized spacial score (nSPS) is 11.0. The first-order chi connectivity index (χ1) is 6.86. The molecule has 0 aliphatic rings. The first-order valence-electron chi connectivity index (χ1n) is 3.50. The summed E-state index contributed by atoms with van der Waals surface area (Å²) in [7, 11) is 0. The second-order valence-corrected chi connectivity index (χ2v) is 2.48. The van der Waals surface area contributed by atoms with E-state index in [1.165, 1.54) is 0 Å². The molecule has 7 heteroatoms. The zero-order valence-corrected chi connectivity index (χ0v) is 6.90. The molecule has 0 saturated heterocycles. The van der Waals surface area contributed by atoms with Crippen molar-refractivity contribution in [3.05, 3.63) is 29.3 Å². The average molecular weight is 223 g/mol. The molecule has 0 spiro atoms. The number of hydrogen-bond donors (Lipinski definition) is 0. The van der Waals surface area contributed by atoms with Crippen molar-refractivity contribution in [1.82, 2.24) is 0 Å². The maximum Gasteiger partial charge on any atom is 0.421 e. The van der Waals surface area contributed by atoms with E-state index in [4.69, 9.17) is 0 Å². The molecule has 0 fully saturated rings. The highest BCUT2D eigenvalue weighted by Gasteiger charge is 2.37. The van der Waals surface area contributed by atoms with Crippen LogP contribution in [-0.2, 0) is 11.0 Å². The van der Waals surface area contributed by atoms with Crippen LogP contribution in [0.3, 0.4) is 0 Å². The number of carbonyl (C=O) groups excluding carboxylic acids is 1. The molecule has 0 heterocycles. The van der Waals surface area contributed by atoms with E-state index in [1.54, 1.807) is 0 Å². The van der Waals surface area contributed by atoms with Gasteiger partial charge in [-0.3, -0.25) is 0 Å². The zero-order valence-electron chi connectivity index (χ0n) is 6.90. The average Bonchev–Trinajstić information content (AvgIpc) is 1.99. The molecule has 1 aromatic rings. The summed E-state index contributed by atoms with van der Waals surface area (Å²) in [6.07, 6.45) is -4.26. The van der Waals surface area contributed by atoms with Crippen molar-refractivity contribution in [3.8, 4) is 0 Å². The van der Waals surface area contributed by atoms with Crippen molar-refractivity contribution < 1.29 is 26.7 Å². The van der Waals surface area contributed by atoms with Gasteiger partial charge < -0.3 is 0 Å². The van der Waals surface area contributed by atoms with Gasteiger partial charge in [0.25, 0.3) is 0 Å². The van der Waals surface area contributed by atoms with Crippen molar-refractivity contribution in [1.29, 1.82) is 0 Å². The number of nitrogens with zero attached hydrogens (tertiary/aromatic N) is 1. The second-order valence-electron chi connectivity index (χ2n) is 2.48. The van der Waals surface area contributed by atoms with E-state index in [9.17, 15) is 26.7 Å². The largest absolute Gasteiger partial charge is 0.421 e. The Morgan fingerprint density at radius 1 is 1.20 bits per heavy atom. The third-order valence-corrected chi connectivity index (χ3v) is 1.48. The van der Waals surface area contributed by atoms with Gasteiger partial charge in [-0.15, -0.1) is 0 Å². The minimum atomic E-state index is -5.05. The van der Waals surface area contributed by atoms with E-state index in [1.807, 2.05) is 0 Å². The summed E-state index contributed by atoms with van der Waals surface area (Å²) in [5.74, 6) is -3.08.